The molecule has 1 fully saturated rings. The maximum absolute atomic E-state index is 14.2. The van der Waals surface area contributed by atoms with Crippen molar-refractivity contribution in [1.82, 2.24) is 63.4 Å². The van der Waals surface area contributed by atoms with Gasteiger partial charge in [-0.15, -0.1) is 0 Å². The highest BCUT2D eigenvalue weighted by Crippen LogP contribution is 2.20. The standard InChI is InChI=1S/C61H107N17O21/c1-31(2)28-41(57(94)71-38(18-21-45(66)81)52(89)67-34(6)50(87)70-39(19-22-46(82)83)53(90)68-33(5)49(86)69-36(15-8-11-25-63)55(92)76-43(30-80)61(98)99)74-56(93)40(20-23-47(84)85)72-58(95)44-17-13-27-78(44)60(97)42(29-79)75-54(91)37(16-9-12-26-64)73-59(96)48(32(3)4)77-51(88)35(65)14-7-10-24-62/h31-44,48,79-80H,7-30,62-65H2,1-6H3,(H2,66,81)(H,67,89)(H,68,90)(H,69,86)(H,70,87)(H,71,94)(H,72,95)(H,73,96)(H,74,93)(H,75,91)(H,76,92)(H,77,88)(H,82,83)(H,84,85)(H,98,99)/t33-,34-,35-,36-,37-,38-,39-,40-,41-,42-,43-,44-,48-/m0/s1. The normalized spacial score (nSPS) is 16.4. The summed E-state index contributed by atoms with van der Waals surface area (Å²) in [6, 6.07) is -19.3. The van der Waals surface area contributed by atoms with E-state index in [0.717, 1.165) is 11.8 Å². The van der Waals surface area contributed by atoms with E-state index in [-0.39, 0.29) is 58.2 Å². The SMILES string of the molecule is CC(C)C[C@H](NC(=O)[C@H](CCC(=O)O)NC(=O)[C@@H]1CCCN1C(=O)[C@H](CO)NC(=O)[C@H](CCCCN)NC(=O)[C@@H](NC(=O)[C@@H](N)CCCCN)C(C)C)C(=O)N[C@@H](CCC(N)=O)C(=O)N[C@@H](C)C(=O)N[C@@H](CCC(=O)O)C(=O)N[C@@H](C)C(=O)N[C@@H](CCCCN)C(=O)N[C@@H](CO)C(=O)O. The fourth-order valence-electron chi connectivity index (χ4n) is 10.1. The number of aliphatic hydroxyl groups excluding tert-OH is 2. The maximum Gasteiger partial charge on any atom is 0.328 e. The second-order valence-electron chi connectivity index (χ2n) is 25.0. The van der Waals surface area contributed by atoms with E-state index in [4.69, 9.17) is 28.7 Å². The largest absolute Gasteiger partial charge is 0.481 e. The molecule has 1 aliphatic rings. The monoisotopic (exact) mass is 1410 g/mol. The molecule has 0 saturated carbocycles. The van der Waals surface area contributed by atoms with E-state index in [0.29, 0.717) is 45.1 Å². The Morgan fingerprint density at radius 2 is 0.798 bits per heavy atom. The molecule has 0 aromatic carbocycles. The highest BCUT2D eigenvalue weighted by molar-refractivity contribution is 6.00. The van der Waals surface area contributed by atoms with Gasteiger partial charge >= 0.3 is 17.9 Å². The molecule has 0 spiro atoms. The van der Waals surface area contributed by atoms with Crippen LogP contribution in [0.1, 0.15) is 157 Å². The van der Waals surface area contributed by atoms with Crippen LogP contribution in [0.3, 0.4) is 0 Å². The topological polar surface area (TPSA) is 640 Å². The van der Waals surface area contributed by atoms with Crippen molar-refractivity contribution in [3.63, 3.8) is 0 Å². The average Bonchev–Trinajstić information content (AvgIpc) is 1.76. The van der Waals surface area contributed by atoms with E-state index in [1.165, 1.54) is 6.92 Å². The van der Waals surface area contributed by atoms with Crippen LogP contribution in [0.5, 0.6) is 0 Å². The van der Waals surface area contributed by atoms with Gasteiger partial charge in [-0.1, -0.05) is 34.1 Å². The molecule has 0 aromatic heterocycles. The number of nitrogens with one attached hydrogen (secondary N) is 11. The smallest absolute Gasteiger partial charge is 0.328 e. The molecule has 0 unspecified atom stereocenters. The zero-order valence-electron chi connectivity index (χ0n) is 57.2. The highest BCUT2D eigenvalue weighted by atomic mass is 16.4. The Morgan fingerprint density at radius 1 is 0.424 bits per heavy atom. The first-order chi connectivity index (χ1) is 46.6. The van der Waals surface area contributed by atoms with E-state index < -0.39 is 237 Å². The van der Waals surface area contributed by atoms with Gasteiger partial charge in [0.2, 0.25) is 76.8 Å². The lowest BCUT2D eigenvalue weighted by Gasteiger charge is -2.31. The number of hydrogen-bond donors (Lipinski definition) is 21. The summed E-state index contributed by atoms with van der Waals surface area (Å²) in [4.78, 5) is 213. The van der Waals surface area contributed by atoms with Gasteiger partial charge < -0.3 is 118 Å². The van der Waals surface area contributed by atoms with Crippen LogP contribution in [0.4, 0.5) is 0 Å². The first-order valence-corrected chi connectivity index (χ1v) is 33.2. The number of carboxylic acid groups (broad SMARTS) is 3. The molecule has 26 N–H and O–H groups in total. The van der Waals surface area contributed by atoms with Gasteiger partial charge in [0.05, 0.1) is 19.3 Å². The number of nitrogens with two attached hydrogens (primary N) is 5. The van der Waals surface area contributed by atoms with Crippen LogP contribution >= 0.6 is 0 Å². The van der Waals surface area contributed by atoms with E-state index in [2.05, 4.69) is 58.5 Å². The molecule has 0 radical (unpaired) electrons. The van der Waals surface area contributed by atoms with Gasteiger partial charge in [-0.25, -0.2) is 4.79 Å². The number of aliphatic carboxylic acids is 3. The van der Waals surface area contributed by atoms with Crippen LogP contribution in [-0.4, -0.2) is 243 Å². The van der Waals surface area contributed by atoms with Crippen molar-refractivity contribution >= 4 is 94.7 Å². The lowest BCUT2D eigenvalue weighted by atomic mass is 10.0. The molecule has 99 heavy (non-hydrogen) atoms. The summed E-state index contributed by atoms with van der Waals surface area (Å²) in [7, 11) is 0. The highest BCUT2D eigenvalue weighted by Gasteiger charge is 2.41. The molecular weight excluding hydrogens is 1310 g/mol. The lowest BCUT2D eigenvalue weighted by Crippen LogP contribution is -2.61. The predicted octanol–water partition coefficient (Wildman–Crippen LogP) is -7.17. The number of carboxylic acids is 3. The molecule has 0 bridgehead atoms. The molecule has 1 heterocycles. The molecule has 13 atom stereocenters. The summed E-state index contributed by atoms with van der Waals surface area (Å²) in [5.74, 6) is -17.8. The van der Waals surface area contributed by atoms with Crippen molar-refractivity contribution in [1.29, 1.82) is 0 Å². The van der Waals surface area contributed by atoms with Crippen LogP contribution in [0.25, 0.3) is 0 Å². The molecule has 0 aliphatic carbocycles. The van der Waals surface area contributed by atoms with Crippen LogP contribution in [0.2, 0.25) is 0 Å². The van der Waals surface area contributed by atoms with Crippen LogP contribution < -0.4 is 87.2 Å². The summed E-state index contributed by atoms with van der Waals surface area (Å²) in [5, 5.41) is 74.8. The van der Waals surface area contributed by atoms with E-state index >= 15 is 0 Å². The maximum atomic E-state index is 14.2. The van der Waals surface area contributed by atoms with Gasteiger partial charge in [-0.05, 0) is 135 Å². The Balaban J connectivity index is 3.43. The zero-order chi connectivity index (χ0) is 75.2. The number of amides is 13. The Labute approximate surface area is 574 Å². The van der Waals surface area contributed by atoms with Gasteiger partial charge in [-0.2, -0.15) is 0 Å². The molecule has 1 saturated heterocycles. The molecule has 13 amide bonds. The van der Waals surface area contributed by atoms with Crippen LogP contribution in [0, 0.1) is 11.8 Å². The van der Waals surface area contributed by atoms with Gasteiger partial charge in [0.1, 0.15) is 72.5 Å². The molecule has 1 aliphatic heterocycles. The molecule has 0 aromatic rings. The first-order valence-electron chi connectivity index (χ1n) is 33.2. The summed E-state index contributed by atoms with van der Waals surface area (Å²) in [5.41, 5.74) is 28.3. The fourth-order valence-corrected chi connectivity index (χ4v) is 10.1. The van der Waals surface area contributed by atoms with Gasteiger partial charge in [0.25, 0.3) is 0 Å². The Hall–Kier alpha value is -8.72. The van der Waals surface area contributed by atoms with Crippen molar-refractivity contribution in [3.05, 3.63) is 0 Å². The number of primary amides is 1. The van der Waals surface area contributed by atoms with Crippen molar-refractivity contribution < 1.29 is 102 Å². The number of aliphatic hydroxyl groups is 2. The van der Waals surface area contributed by atoms with Crippen molar-refractivity contribution in [2.24, 2.45) is 40.5 Å². The average molecular weight is 1410 g/mol. The zero-order valence-corrected chi connectivity index (χ0v) is 57.2. The number of carbonyl (C=O) groups excluding carboxylic acids is 13. The van der Waals surface area contributed by atoms with Crippen molar-refractivity contribution in [2.45, 2.75) is 236 Å². The lowest BCUT2D eigenvalue weighted by molar-refractivity contribution is -0.143. The quantitative estimate of drug-likeness (QED) is 0.0252. The predicted molar refractivity (Wildman–Crippen MR) is 352 cm³/mol. The number of carbonyl (C=O) groups is 16. The Kier molecular flexibility index (Phi) is 41.5. The number of nitrogens with zero attached hydrogens (tertiary/aromatic N) is 1. The Bertz CT molecular complexity index is 2740. The summed E-state index contributed by atoms with van der Waals surface area (Å²) >= 11 is 0. The second-order valence-corrected chi connectivity index (χ2v) is 25.0. The van der Waals surface area contributed by atoms with Crippen LogP contribution in [-0.2, 0) is 76.7 Å². The van der Waals surface area contributed by atoms with E-state index in [1.807, 2.05) is 0 Å². The van der Waals surface area contributed by atoms with Crippen molar-refractivity contribution in [3.8, 4) is 0 Å². The number of rotatable bonds is 50. The Morgan fingerprint density at radius 3 is 1.21 bits per heavy atom. The van der Waals surface area contributed by atoms with E-state index in [9.17, 15) is 102 Å². The third-order valence-corrected chi connectivity index (χ3v) is 15.9. The first kappa shape index (κ1) is 88.3. The number of hydrogen-bond acceptors (Lipinski definition) is 22. The molecular formula is C61H107N17O21. The number of unbranched alkanes of at least 4 members (excludes halogenated alkanes) is 3. The third kappa shape index (κ3) is 33.1. The fraction of sp³-hybridized carbons (Fsp3) is 0.738. The molecule has 562 valence electrons. The van der Waals surface area contributed by atoms with Gasteiger partial charge in [-0.3, -0.25) is 71.9 Å². The minimum absolute atomic E-state index is 0.0120. The summed E-state index contributed by atoms with van der Waals surface area (Å²) in [6.45, 7) is 7.71. The summed E-state index contributed by atoms with van der Waals surface area (Å²) < 4.78 is 0. The molecule has 38 heteroatoms. The van der Waals surface area contributed by atoms with Gasteiger partial charge in [0, 0.05) is 25.8 Å². The third-order valence-electron chi connectivity index (χ3n) is 15.9. The summed E-state index contributed by atoms with van der Waals surface area (Å²) in [6.07, 6.45) is -0.702. The van der Waals surface area contributed by atoms with Crippen molar-refractivity contribution in [2.75, 3.05) is 39.4 Å². The second kappa shape index (κ2) is 46.5. The number of likely N-dealkylation sites (tertiary alicyclic amines) is 1. The minimum atomic E-state index is -1.72. The minimum Gasteiger partial charge on any atom is -0.481 e. The molecule has 1 rings (SSSR count). The van der Waals surface area contributed by atoms with E-state index in [1.54, 1.807) is 27.7 Å². The van der Waals surface area contributed by atoms with Crippen LogP contribution in [0.15, 0.2) is 0 Å². The molecule has 38 nitrogen and oxygen atoms in total. The van der Waals surface area contributed by atoms with Gasteiger partial charge in [0.15, 0.2) is 0 Å².